The smallest absolute Gasteiger partial charge is 0.338 e. The summed E-state index contributed by atoms with van der Waals surface area (Å²) in [7, 11) is 0. The molecule has 1 spiro atoms. The number of rotatable bonds is 3. The molecule has 1 saturated heterocycles. The first kappa shape index (κ1) is 14.4. The fourth-order valence-electron chi connectivity index (χ4n) is 3.33. The molecular weight excluding hydrogens is 292 g/mol. The van der Waals surface area contributed by atoms with Crippen molar-refractivity contribution in [2.24, 2.45) is 0 Å². The first-order valence-electron chi connectivity index (χ1n) is 7.96. The first-order valence-corrected chi connectivity index (χ1v) is 7.96. The van der Waals surface area contributed by atoms with Crippen LogP contribution in [0.4, 0.5) is 0 Å². The Morgan fingerprint density at radius 1 is 1.09 bits per heavy atom. The number of fused-ring (bicyclic) bond motifs is 5. The molecule has 23 heavy (non-hydrogen) atoms. The summed E-state index contributed by atoms with van der Waals surface area (Å²) in [4.78, 5) is 12.2. The van der Waals surface area contributed by atoms with Gasteiger partial charge in [0, 0.05) is 11.1 Å². The summed E-state index contributed by atoms with van der Waals surface area (Å²) >= 11 is 0. The normalized spacial score (nSPS) is 17.1. The minimum atomic E-state index is -0.882. The third-order valence-electron chi connectivity index (χ3n) is 4.31. The van der Waals surface area contributed by atoms with Crippen molar-refractivity contribution in [2.45, 2.75) is 19.1 Å². The topological polar surface area (TPSA) is 44.8 Å². The maximum atomic E-state index is 12.2. The van der Waals surface area contributed by atoms with E-state index in [0.29, 0.717) is 25.4 Å². The third-order valence-corrected chi connectivity index (χ3v) is 4.31. The highest BCUT2D eigenvalue weighted by molar-refractivity contribution is 5.92. The Balaban J connectivity index is 1.82. The fraction of sp³-hybridized carbons (Fsp3) is 0.316. The number of benzene rings is 2. The molecule has 0 aromatic heterocycles. The van der Waals surface area contributed by atoms with E-state index in [1.165, 1.54) is 0 Å². The quantitative estimate of drug-likeness (QED) is 0.814. The van der Waals surface area contributed by atoms with Crippen LogP contribution in [0, 0.1) is 0 Å². The second kappa shape index (κ2) is 5.48. The van der Waals surface area contributed by atoms with E-state index in [1.54, 1.807) is 0 Å². The SMILES string of the molecule is CCCOC(=O)c1ccc2c(c1)C1(OCCO1)c1ccccc1-2. The molecule has 0 atom stereocenters. The lowest BCUT2D eigenvalue weighted by atomic mass is 10.0. The molecule has 1 heterocycles. The molecule has 1 fully saturated rings. The predicted octanol–water partition coefficient (Wildman–Crippen LogP) is 3.48. The Bertz CT molecular complexity index is 760. The zero-order valence-electron chi connectivity index (χ0n) is 13.0. The second-order valence-corrected chi connectivity index (χ2v) is 5.76. The zero-order valence-corrected chi connectivity index (χ0v) is 13.0. The number of hydrogen-bond acceptors (Lipinski definition) is 4. The van der Waals surface area contributed by atoms with Crippen LogP contribution in [-0.2, 0) is 20.0 Å². The van der Waals surface area contributed by atoms with Crippen LogP contribution in [0.2, 0.25) is 0 Å². The Labute approximate surface area is 135 Å². The van der Waals surface area contributed by atoms with Crippen molar-refractivity contribution >= 4 is 5.97 Å². The molecule has 4 nitrogen and oxygen atoms in total. The highest BCUT2D eigenvalue weighted by atomic mass is 16.7. The minimum absolute atomic E-state index is 0.307. The van der Waals surface area contributed by atoms with Crippen LogP contribution >= 0.6 is 0 Å². The molecule has 0 saturated carbocycles. The van der Waals surface area contributed by atoms with Gasteiger partial charge in [0.1, 0.15) is 0 Å². The van der Waals surface area contributed by atoms with Gasteiger partial charge in [-0.05, 0) is 29.7 Å². The van der Waals surface area contributed by atoms with Gasteiger partial charge in [-0.2, -0.15) is 0 Å². The monoisotopic (exact) mass is 310 g/mol. The Kier molecular flexibility index (Phi) is 3.43. The molecule has 4 heteroatoms. The van der Waals surface area contributed by atoms with Crippen molar-refractivity contribution in [3.05, 3.63) is 59.2 Å². The van der Waals surface area contributed by atoms with E-state index in [2.05, 4.69) is 6.07 Å². The van der Waals surface area contributed by atoms with Crippen LogP contribution in [-0.4, -0.2) is 25.8 Å². The van der Waals surface area contributed by atoms with Gasteiger partial charge in [0.2, 0.25) is 5.79 Å². The van der Waals surface area contributed by atoms with E-state index in [9.17, 15) is 4.79 Å². The average Bonchev–Trinajstić information content (AvgIpc) is 3.19. The lowest BCUT2D eigenvalue weighted by Crippen LogP contribution is -2.26. The van der Waals surface area contributed by atoms with Gasteiger partial charge in [-0.15, -0.1) is 0 Å². The zero-order chi connectivity index (χ0) is 15.9. The number of carbonyl (C=O) groups is 1. The van der Waals surface area contributed by atoms with E-state index in [4.69, 9.17) is 14.2 Å². The van der Waals surface area contributed by atoms with Gasteiger partial charge in [0.05, 0.1) is 25.4 Å². The standard InChI is InChI=1S/C19H18O4/c1-2-9-21-18(20)13-7-8-15-14-5-3-4-6-16(14)19(17(15)12-13)22-10-11-23-19/h3-8,12H,2,9-11H2,1H3. The molecule has 118 valence electrons. The molecule has 2 aromatic rings. The van der Waals surface area contributed by atoms with Crippen molar-refractivity contribution < 1.29 is 19.0 Å². The summed E-state index contributed by atoms with van der Waals surface area (Å²) < 4.78 is 17.2. The number of ether oxygens (including phenoxy) is 3. The fourth-order valence-corrected chi connectivity index (χ4v) is 3.33. The summed E-state index contributed by atoms with van der Waals surface area (Å²) in [5.74, 6) is -1.19. The summed E-state index contributed by atoms with van der Waals surface area (Å²) in [5.41, 5.74) is 4.57. The Hall–Kier alpha value is -2.17. The van der Waals surface area contributed by atoms with Gasteiger partial charge in [-0.3, -0.25) is 0 Å². The summed E-state index contributed by atoms with van der Waals surface area (Å²) in [6, 6.07) is 13.7. The maximum absolute atomic E-state index is 12.2. The molecule has 0 N–H and O–H groups in total. The van der Waals surface area contributed by atoms with Crippen molar-refractivity contribution in [3.63, 3.8) is 0 Å². The van der Waals surface area contributed by atoms with E-state index in [0.717, 1.165) is 28.7 Å². The van der Waals surface area contributed by atoms with E-state index in [1.807, 2.05) is 43.3 Å². The molecule has 0 unspecified atom stereocenters. The molecule has 2 aromatic carbocycles. The van der Waals surface area contributed by atoms with Gasteiger partial charge in [0.25, 0.3) is 0 Å². The molecular formula is C19H18O4. The average molecular weight is 310 g/mol. The first-order chi connectivity index (χ1) is 11.3. The van der Waals surface area contributed by atoms with Crippen LogP contribution in [0.25, 0.3) is 11.1 Å². The molecule has 0 amide bonds. The number of carbonyl (C=O) groups excluding carboxylic acids is 1. The maximum Gasteiger partial charge on any atom is 0.338 e. The van der Waals surface area contributed by atoms with Gasteiger partial charge in [-0.1, -0.05) is 37.3 Å². The molecule has 4 rings (SSSR count). The number of esters is 1. The summed E-state index contributed by atoms with van der Waals surface area (Å²) in [6.07, 6.45) is 0.804. The van der Waals surface area contributed by atoms with Crippen LogP contribution in [0.5, 0.6) is 0 Å². The van der Waals surface area contributed by atoms with Crippen molar-refractivity contribution in [2.75, 3.05) is 19.8 Å². The minimum Gasteiger partial charge on any atom is -0.462 e. The van der Waals surface area contributed by atoms with Gasteiger partial charge < -0.3 is 14.2 Å². The van der Waals surface area contributed by atoms with Gasteiger partial charge >= 0.3 is 5.97 Å². The van der Waals surface area contributed by atoms with Crippen LogP contribution < -0.4 is 0 Å². The molecule has 2 aliphatic rings. The Morgan fingerprint density at radius 3 is 2.61 bits per heavy atom. The molecule has 0 radical (unpaired) electrons. The highest BCUT2D eigenvalue weighted by Gasteiger charge is 2.48. The van der Waals surface area contributed by atoms with Gasteiger partial charge in [0.15, 0.2) is 0 Å². The highest BCUT2D eigenvalue weighted by Crippen LogP contribution is 2.52. The summed E-state index contributed by atoms with van der Waals surface area (Å²) in [6.45, 7) is 3.48. The Morgan fingerprint density at radius 2 is 1.83 bits per heavy atom. The van der Waals surface area contributed by atoms with E-state index in [-0.39, 0.29) is 5.97 Å². The van der Waals surface area contributed by atoms with Crippen molar-refractivity contribution in [1.29, 1.82) is 0 Å². The van der Waals surface area contributed by atoms with Crippen LogP contribution in [0.1, 0.15) is 34.8 Å². The van der Waals surface area contributed by atoms with E-state index < -0.39 is 5.79 Å². The molecule has 0 bridgehead atoms. The van der Waals surface area contributed by atoms with Crippen LogP contribution in [0.15, 0.2) is 42.5 Å². The van der Waals surface area contributed by atoms with Crippen molar-refractivity contribution in [3.8, 4) is 11.1 Å². The lowest BCUT2D eigenvalue weighted by Gasteiger charge is -2.24. The van der Waals surface area contributed by atoms with E-state index >= 15 is 0 Å². The third kappa shape index (κ3) is 2.10. The summed E-state index contributed by atoms with van der Waals surface area (Å²) in [5, 5.41) is 0. The number of hydrogen-bond donors (Lipinski definition) is 0. The van der Waals surface area contributed by atoms with Crippen molar-refractivity contribution in [1.82, 2.24) is 0 Å². The van der Waals surface area contributed by atoms with Crippen LogP contribution in [0.3, 0.4) is 0 Å². The largest absolute Gasteiger partial charge is 0.462 e. The second-order valence-electron chi connectivity index (χ2n) is 5.76. The molecule has 1 aliphatic heterocycles. The molecule has 1 aliphatic carbocycles. The lowest BCUT2D eigenvalue weighted by molar-refractivity contribution is -0.126. The predicted molar refractivity (Wildman–Crippen MR) is 85.1 cm³/mol. The van der Waals surface area contributed by atoms with Gasteiger partial charge in [-0.25, -0.2) is 4.79 Å².